The number of halogens is 1. The Balaban J connectivity index is 1.80. The highest BCUT2D eigenvalue weighted by Crippen LogP contribution is 2.28. The van der Waals surface area contributed by atoms with E-state index in [2.05, 4.69) is 25.2 Å². The Bertz CT molecular complexity index is 693. The summed E-state index contributed by atoms with van der Waals surface area (Å²) in [7, 11) is 0. The van der Waals surface area contributed by atoms with Crippen molar-refractivity contribution in [3.63, 3.8) is 0 Å². The first-order valence-corrected chi connectivity index (χ1v) is 7.11. The van der Waals surface area contributed by atoms with Gasteiger partial charge in [0.25, 0.3) is 0 Å². The fourth-order valence-electron chi connectivity index (χ4n) is 2.12. The number of anilines is 3. The Morgan fingerprint density at radius 1 is 1.14 bits per heavy atom. The number of hydrogen-bond acceptors (Lipinski definition) is 7. The molecule has 112 valence electrons. The van der Waals surface area contributed by atoms with E-state index < -0.39 is 0 Å². The molecule has 2 aromatic heterocycles. The van der Waals surface area contributed by atoms with Gasteiger partial charge in [-0.1, -0.05) is 11.6 Å². The van der Waals surface area contributed by atoms with Crippen LogP contribution in [-0.2, 0) is 4.74 Å². The predicted molar refractivity (Wildman–Crippen MR) is 82.3 cm³/mol. The van der Waals surface area contributed by atoms with E-state index in [0.717, 1.165) is 18.8 Å². The van der Waals surface area contributed by atoms with E-state index in [1.54, 1.807) is 6.20 Å². The van der Waals surface area contributed by atoms with Crippen molar-refractivity contribution in [1.82, 2.24) is 15.0 Å². The molecular formula is C14H13ClN6O. The fraction of sp³-hybridized carbons (Fsp3) is 0.286. The van der Waals surface area contributed by atoms with Crippen molar-refractivity contribution >= 4 is 28.9 Å². The molecular weight excluding hydrogens is 304 g/mol. The van der Waals surface area contributed by atoms with E-state index in [1.165, 1.54) is 12.4 Å². The predicted octanol–water partition coefficient (Wildman–Crippen LogP) is 1.98. The van der Waals surface area contributed by atoms with Gasteiger partial charge in [0.05, 0.1) is 42.5 Å². The lowest BCUT2D eigenvalue weighted by Gasteiger charge is -2.29. The number of pyridine rings is 1. The van der Waals surface area contributed by atoms with Crippen LogP contribution in [-0.4, -0.2) is 41.3 Å². The summed E-state index contributed by atoms with van der Waals surface area (Å²) < 4.78 is 5.35. The number of hydrogen-bond donors (Lipinski definition) is 1. The Morgan fingerprint density at radius 2 is 1.91 bits per heavy atom. The van der Waals surface area contributed by atoms with Crippen LogP contribution in [0.25, 0.3) is 0 Å². The van der Waals surface area contributed by atoms with Crippen molar-refractivity contribution in [2.75, 3.05) is 36.5 Å². The number of nitriles is 1. The standard InChI is InChI=1S/C14H13ClN6O/c15-11-8-19-13(5-12(11)21-1-3-22-4-2-21)20-14-9-17-10(6-16)7-18-14/h5,7-9H,1-4H2,(H,18,19,20). The molecule has 2 aromatic rings. The molecule has 1 N–H and O–H groups in total. The molecule has 0 aromatic carbocycles. The summed E-state index contributed by atoms with van der Waals surface area (Å²) in [6, 6.07) is 3.79. The van der Waals surface area contributed by atoms with Crippen molar-refractivity contribution in [2.45, 2.75) is 0 Å². The van der Waals surface area contributed by atoms with Crippen LogP contribution in [0.2, 0.25) is 5.02 Å². The highest BCUT2D eigenvalue weighted by Gasteiger charge is 2.15. The summed E-state index contributed by atoms with van der Waals surface area (Å²) in [6.07, 6.45) is 4.50. The molecule has 7 nitrogen and oxygen atoms in total. The molecule has 0 amide bonds. The van der Waals surface area contributed by atoms with Gasteiger partial charge in [-0.3, -0.25) is 0 Å². The number of aromatic nitrogens is 3. The molecule has 1 aliphatic heterocycles. The Kier molecular flexibility index (Phi) is 4.32. The van der Waals surface area contributed by atoms with Crippen LogP contribution in [0.4, 0.5) is 17.3 Å². The largest absolute Gasteiger partial charge is 0.378 e. The Morgan fingerprint density at radius 3 is 2.59 bits per heavy atom. The maximum Gasteiger partial charge on any atom is 0.158 e. The number of rotatable bonds is 3. The number of morpholine rings is 1. The van der Waals surface area contributed by atoms with Crippen molar-refractivity contribution in [3.8, 4) is 6.07 Å². The van der Waals surface area contributed by atoms with Crippen molar-refractivity contribution in [1.29, 1.82) is 5.26 Å². The average molecular weight is 317 g/mol. The van der Waals surface area contributed by atoms with E-state index in [-0.39, 0.29) is 5.69 Å². The smallest absolute Gasteiger partial charge is 0.158 e. The topological polar surface area (TPSA) is 87.0 Å². The quantitative estimate of drug-likeness (QED) is 0.926. The molecule has 0 unspecified atom stereocenters. The average Bonchev–Trinajstić information content (AvgIpc) is 2.58. The third kappa shape index (κ3) is 3.24. The first kappa shape index (κ1) is 14.5. The third-order valence-electron chi connectivity index (χ3n) is 3.21. The highest BCUT2D eigenvalue weighted by molar-refractivity contribution is 6.33. The van der Waals surface area contributed by atoms with Crippen LogP contribution >= 0.6 is 11.6 Å². The van der Waals surface area contributed by atoms with E-state index in [9.17, 15) is 0 Å². The van der Waals surface area contributed by atoms with Gasteiger partial charge in [-0.25, -0.2) is 15.0 Å². The molecule has 22 heavy (non-hydrogen) atoms. The molecule has 3 rings (SSSR count). The molecule has 0 radical (unpaired) electrons. The molecule has 0 saturated carbocycles. The molecule has 0 bridgehead atoms. The molecule has 0 spiro atoms. The second-order valence-electron chi connectivity index (χ2n) is 4.64. The summed E-state index contributed by atoms with van der Waals surface area (Å²) in [4.78, 5) is 14.5. The van der Waals surface area contributed by atoms with Gasteiger partial charge in [0.2, 0.25) is 0 Å². The number of nitrogens with one attached hydrogen (secondary N) is 1. The number of ether oxygens (including phenoxy) is 1. The minimum absolute atomic E-state index is 0.267. The molecule has 8 heteroatoms. The summed E-state index contributed by atoms with van der Waals surface area (Å²) >= 11 is 6.24. The van der Waals surface area contributed by atoms with Gasteiger partial charge in [0, 0.05) is 19.2 Å². The third-order valence-corrected chi connectivity index (χ3v) is 3.50. The van der Waals surface area contributed by atoms with Gasteiger partial charge in [0.15, 0.2) is 5.69 Å². The SMILES string of the molecule is N#Cc1cnc(Nc2cc(N3CCOCC3)c(Cl)cn2)cn1. The highest BCUT2D eigenvalue weighted by atomic mass is 35.5. The second-order valence-corrected chi connectivity index (χ2v) is 5.05. The van der Waals surface area contributed by atoms with Crippen LogP contribution in [0.5, 0.6) is 0 Å². The first-order valence-electron chi connectivity index (χ1n) is 6.73. The summed E-state index contributed by atoms with van der Waals surface area (Å²) in [5.74, 6) is 1.13. The zero-order valence-corrected chi connectivity index (χ0v) is 12.4. The number of nitrogens with zero attached hydrogens (tertiary/aromatic N) is 5. The zero-order chi connectivity index (χ0) is 15.4. The van der Waals surface area contributed by atoms with Gasteiger partial charge in [0.1, 0.15) is 17.7 Å². The van der Waals surface area contributed by atoms with Crippen molar-refractivity contribution in [3.05, 3.63) is 35.4 Å². The van der Waals surface area contributed by atoms with Gasteiger partial charge < -0.3 is 15.0 Å². The maximum absolute atomic E-state index is 8.71. The monoisotopic (exact) mass is 316 g/mol. The van der Waals surface area contributed by atoms with Gasteiger partial charge >= 0.3 is 0 Å². The van der Waals surface area contributed by atoms with Crippen LogP contribution in [0, 0.1) is 11.3 Å². The Hall–Kier alpha value is -2.43. The maximum atomic E-state index is 8.71. The van der Waals surface area contributed by atoms with Crippen molar-refractivity contribution < 1.29 is 4.74 Å². The lowest BCUT2D eigenvalue weighted by Crippen LogP contribution is -2.36. The zero-order valence-electron chi connectivity index (χ0n) is 11.7. The minimum Gasteiger partial charge on any atom is -0.378 e. The molecule has 0 atom stereocenters. The van der Waals surface area contributed by atoms with E-state index in [4.69, 9.17) is 21.6 Å². The summed E-state index contributed by atoms with van der Waals surface area (Å²) in [5, 5.41) is 12.4. The summed E-state index contributed by atoms with van der Waals surface area (Å²) in [5.41, 5.74) is 1.17. The van der Waals surface area contributed by atoms with Gasteiger partial charge in [-0.2, -0.15) is 5.26 Å². The van der Waals surface area contributed by atoms with Crippen LogP contribution in [0.1, 0.15) is 5.69 Å². The molecule has 1 aliphatic rings. The van der Waals surface area contributed by atoms with Crippen LogP contribution in [0.15, 0.2) is 24.7 Å². The van der Waals surface area contributed by atoms with Crippen LogP contribution in [0.3, 0.4) is 0 Å². The van der Waals surface area contributed by atoms with E-state index >= 15 is 0 Å². The molecule has 1 fully saturated rings. The fourth-order valence-corrected chi connectivity index (χ4v) is 2.35. The molecule has 1 saturated heterocycles. The minimum atomic E-state index is 0.267. The summed E-state index contributed by atoms with van der Waals surface area (Å²) in [6.45, 7) is 2.95. The lowest BCUT2D eigenvalue weighted by molar-refractivity contribution is 0.122. The molecule has 3 heterocycles. The van der Waals surface area contributed by atoms with E-state index in [1.807, 2.05) is 12.1 Å². The normalized spacial score (nSPS) is 14.5. The van der Waals surface area contributed by atoms with Gasteiger partial charge in [-0.05, 0) is 0 Å². The lowest BCUT2D eigenvalue weighted by atomic mass is 10.3. The molecule has 0 aliphatic carbocycles. The van der Waals surface area contributed by atoms with Crippen LogP contribution < -0.4 is 10.2 Å². The Labute approximate surface area is 132 Å². The van der Waals surface area contributed by atoms with Gasteiger partial charge in [-0.15, -0.1) is 0 Å². The van der Waals surface area contributed by atoms with Crippen molar-refractivity contribution in [2.24, 2.45) is 0 Å². The van der Waals surface area contributed by atoms with E-state index in [0.29, 0.717) is 29.9 Å². The second kappa shape index (κ2) is 6.56. The first-order chi connectivity index (χ1) is 10.8.